The Balaban J connectivity index is 1.93. The van der Waals surface area contributed by atoms with E-state index in [0.29, 0.717) is 34.1 Å². The number of benzene rings is 3. The lowest BCUT2D eigenvalue weighted by Gasteiger charge is -2.10. The van der Waals surface area contributed by atoms with Crippen LogP contribution in [-0.4, -0.2) is 16.4 Å². The molecule has 0 atom stereocenters. The van der Waals surface area contributed by atoms with Gasteiger partial charge in [-0.2, -0.15) is 0 Å². The first kappa shape index (κ1) is 17.7. The molecule has 0 aliphatic rings. The van der Waals surface area contributed by atoms with Crippen LogP contribution in [0, 0.1) is 11.9 Å². The normalized spacial score (nSPS) is 11.1. The van der Waals surface area contributed by atoms with Crippen molar-refractivity contribution in [1.29, 1.82) is 0 Å². The van der Waals surface area contributed by atoms with Crippen LogP contribution in [0.2, 0.25) is 0 Å². The molecular formula is C22H17FN3O2. The van der Waals surface area contributed by atoms with E-state index in [0.717, 1.165) is 11.1 Å². The summed E-state index contributed by atoms with van der Waals surface area (Å²) in [6, 6.07) is 18.3. The number of hydrogen-bond acceptors (Lipinski definition) is 2. The molecule has 0 saturated carbocycles. The zero-order chi connectivity index (χ0) is 19.8. The Morgan fingerprint density at radius 3 is 2.68 bits per heavy atom. The van der Waals surface area contributed by atoms with Gasteiger partial charge in [0.25, 0.3) is 0 Å². The molecule has 28 heavy (non-hydrogen) atoms. The van der Waals surface area contributed by atoms with Crippen molar-refractivity contribution in [1.82, 2.24) is 4.57 Å². The van der Waals surface area contributed by atoms with Crippen LogP contribution in [0.25, 0.3) is 21.8 Å². The second-order valence-electron chi connectivity index (χ2n) is 6.61. The highest BCUT2D eigenvalue weighted by atomic mass is 19.1. The number of amides is 2. The minimum atomic E-state index is -0.546. The van der Waals surface area contributed by atoms with E-state index in [9.17, 15) is 14.0 Å². The zero-order valence-corrected chi connectivity index (χ0v) is 15.1. The highest BCUT2D eigenvalue weighted by Gasteiger charge is 2.17. The minimum absolute atomic E-state index is 0.156. The van der Waals surface area contributed by atoms with Gasteiger partial charge in [-0.15, -0.1) is 0 Å². The number of nitrogens with zero attached hydrogens (tertiary/aromatic N) is 1. The van der Waals surface area contributed by atoms with Gasteiger partial charge in [-0.3, -0.25) is 9.59 Å². The lowest BCUT2D eigenvalue weighted by atomic mass is 10.1. The fourth-order valence-electron chi connectivity index (χ4n) is 3.54. The maximum atomic E-state index is 14.0. The minimum Gasteiger partial charge on any atom is -0.366 e. The number of anilines is 1. The van der Waals surface area contributed by atoms with Crippen molar-refractivity contribution in [3.05, 3.63) is 77.6 Å². The van der Waals surface area contributed by atoms with Gasteiger partial charge in [0.05, 0.1) is 11.0 Å². The molecule has 4 rings (SSSR count). The predicted molar refractivity (Wildman–Crippen MR) is 107 cm³/mol. The molecule has 1 aromatic heterocycles. The Morgan fingerprint density at radius 1 is 1.14 bits per heavy atom. The Bertz CT molecular complexity index is 1240. The molecule has 6 heteroatoms. The number of carbonyl (C=O) groups excluding carboxylic acids is 2. The number of carbonyl (C=O) groups is 2. The van der Waals surface area contributed by atoms with E-state index in [2.05, 4.69) is 11.4 Å². The van der Waals surface area contributed by atoms with E-state index in [1.54, 1.807) is 18.2 Å². The van der Waals surface area contributed by atoms with Crippen molar-refractivity contribution in [2.24, 2.45) is 5.73 Å². The number of hydrogen-bond donors (Lipinski definition) is 2. The summed E-state index contributed by atoms with van der Waals surface area (Å²) in [6.07, 6.45) is 0. The van der Waals surface area contributed by atoms with E-state index in [1.165, 1.54) is 19.1 Å². The van der Waals surface area contributed by atoms with Crippen LogP contribution < -0.4 is 11.1 Å². The largest absolute Gasteiger partial charge is 0.366 e. The van der Waals surface area contributed by atoms with Crippen LogP contribution in [0.15, 0.2) is 54.6 Å². The van der Waals surface area contributed by atoms with Crippen molar-refractivity contribution in [3.63, 3.8) is 0 Å². The Labute approximate surface area is 160 Å². The number of primary amides is 1. The highest BCUT2D eigenvalue weighted by Crippen LogP contribution is 2.32. The molecule has 3 aromatic carbocycles. The molecule has 0 saturated heterocycles. The summed E-state index contributed by atoms with van der Waals surface area (Å²) < 4.78 is 15.9. The van der Waals surface area contributed by atoms with Gasteiger partial charge in [-0.05, 0) is 48.0 Å². The number of aromatic nitrogens is 1. The van der Waals surface area contributed by atoms with E-state index in [1.807, 2.05) is 28.8 Å². The molecule has 5 nitrogen and oxygen atoms in total. The monoisotopic (exact) mass is 374 g/mol. The number of fused-ring (bicyclic) bond motifs is 3. The SMILES string of the molecule is CC(=O)Nc1cccc(Cn2c3cc(F)c[c]c3c3c(C(N)=O)cccc32)c1. The first-order chi connectivity index (χ1) is 13.4. The Hall–Kier alpha value is -3.67. The third kappa shape index (κ3) is 3.09. The first-order valence-corrected chi connectivity index (χ1v) is 8.72. The molecule has 3 N–H and O–H groups in total. The molecular weight excluding hydrogens is 357 g/mol. The Morgan fingerprint density at radius 2 is 1.93 bits per heavy atom. The topological polar surface area (TPSA) is 77.1 Å². The molecule has 1 heterocycles. The van der Waals surface area contributed by atoms with Gasteiger partial charge < -0.3 is 15.6 Å². The average Bonchev–Trinajstić information content (AvgIpc) is 2.94. The van der Waals surface area contributed by atoms with Gasteiger partial charge in [-0.1, -0.05) is 18.2 Å². The van der Waals surface area contributed by atoms with Crippen molar-refractivity contribution in [2.45, 2.75) is 13.5 Å². The van der Waals surface area contributed by atoms with Gasteiger partial charge in [0, 0.05) is 35.5 Å². The lowest BCUT2D eigenvalue weighted by Crippen LogP contribution is -2.11. The second kappa shape index (κ2) is 6.81. The predicted octanol–water partition coefficient (Wildman–Crippen LogP) is 3.84. The van der Waals surface area contributed by atoms with Gasteiger partial charge in [0.2, 0.25) is 11.8 Å². The summed E-state index contributed by atoms with van der Waals surface area (Å²) in [5, 5.41) is 4.05. The number of halogens is 1. The maximum absolute atomic E-state index is 14.0. The number of rotatable bonds is 4. The molecule has 0 aliphatic heterocycles. The van der Waals surface area contributed by atoms with Crippen LogP contribution >= 0.6 is 0 Å². The third-order valence-electron chi connectivity index (χ3n) is 4.61. The molecule has 1 radical (unpaired) electrons. The quantitative estimate of drug-likeness (QED) is 0.569. The summed E-state index contributed by atoms with van der Waals surface area (Å²) in [7, 11) is 0. The number of nitrogens with one attached hydrogen (secondary N) is 1. The molecule has 2 amide bonds. The van der Waals surface area contributed by atoms with E-state index in [-0.39, 0.29) is 5.91 Å². The van der Waals surface area contributed by atoms with Gasteiger partial charge in [-0.25, -0.2) is 4.39 Å². The van der Waals surface area contributed by atoms with Crippen molar-refractivity contribution in [3.8, 4) is 0 Å². The summed E-state index contributed by atoms with van der Waals surface area (Å²) in [4.78, 5) is 23.2. The van der Waals surface area contributed by atoms with Gasteiger partial charge >= 0.3 is 0 Å². The zero-order valence-electron chi connectivity index (χ0n) is 15.1. The maximum Gasteiger partial charge on any atom is 0.249 e. The first-order valence-electron chi connectivity index (χ1n) is 8.72. The van der Waals surface area contributed by atoms with Crippen molar-refractivity contribution < 1.29 is 14.0 Å². The molecule has 0 aliphatic carbocycles. The summed E-state index contributed by atoms with van der Waals surface area (Å²) in [6.45, 7) is 1.87. The summed E-state index contributed by atoms with van der Waals surface area (Å²) in [5.41, 5.74) is 8.90. The van der Waals surface area contributed by atoms with Crippen LogP contribution in [0.1, 0.15) is 22.8 Å². The number of nitrogens with two attached hydrogens (primary N) is 1. The summed E-state index contributed by atoms with van der Waals surface area (Å²) in [5.74, 6) is -1.11. The van der Waals surface area contributed by atoms with Crippen molar-refractivity contribution >= 4 is 39.3 Å². The molecule has 139 valence electrons. The van der Waals surface area contributed by atoms with Crippen molar-refractivity contribution in [2.75, 3.05) is 5.32 Å². The smallest absolute Gasteiger partial charge is 0.249 e. The highest BCUT2D eigenvalue weighted by molar-refractivity contribution is 6.17. The summed E-state index contributed by atoms with van der Waals surface area (Å²) >= 11 is 0. The third-order valence-corrected chi connectivity index (χ3v) is 4.61. The molecule has 0 bridgehead atoms. The van der Waals surface area contributed by atoms with E-state index >= 15 is 0 Å². The second-order valence-corrected chi connectivity index (χ2v) is 6.61. The van der Waals surface area contributed by atoms with Gasteiger partial charge in [0.15, 0.2) is 0 Å². The van der Waals surface area contributed by atoms with E-state index in [4.69, 9.17) is 5.73 Å². The Kier molecular flexibility index (Phi) is 4.31. The van der Waals surface area contributed by atoms with Crippen LogP contribution in [-0.2, 0) is 11.3 Å². The van der Waals surface area contributed by atoms with Gasteiger partial charge in [0.1, 0.15) is 5.82 Å². The van der Waals surface area contributed by atoms with Crippen LogP contribution in [0.3, 0.4) is 0 Å². The molecule has 0 unspecified atom stereocenters. The standard InChI is InChI=1S/C22H17FN3O2/c1-13(27)25-16-5-2-4-14(10-16)12-26-19-7-3-6-18(22(24)28)21(19)17-9-8-15(23)11-20(17)26/h2-8,10-11H,12H2,1H3,(H2,24,28)(H,25,27). The molecule has 4 aromatic rings. The average molecular weight is 374 g/mol. The van der Waals surface area contributed by atoms with E-state index < -0.39 is 11.7 Å². The molecule has 0 spiro atoms. The fraction of sp³-hybridized carbons (Fsp3) is 0.0909. The molecule has 0 fully saturated rings. The fourth-order valence-corrected chi connectivity index (χ4v) is 3.54. The lowest BCUT2D eigenvalue weighted by molar-refractivity contribution is -0.114. The van der Waals surface area contributed by atoms with Crippen LogP contribution in [0.4, 0.5) is 10.1 Å². The van der Waals surface area contributed by atoms with Crippen LogP contribution in [0.5, 0.6) is 0 Å².